The molecule has 0 atom stereocenters. The maximum atomic E-state index is 6.72. The molecule has 0 fully saturated rings. The van der Waals surface area contributed by atoms with Crippen molar-refractivity contribution in [2.24, 2.45) is 0 Å². The average molecular weight is 929 g/mol. The number of para-hydroxylation sites is 2. The molecule has 0 saturated heterocycles. The van der Waals surface area contributed by atoms with E-state index in [1.807, 2.05) is 53.0 Å². The van der Waals surface area contributed by atoms with Crippen molar-refractivity contribution in [2.45, 2.75) is 0 Å². The molecular weight excluding hydrogens is 893 g/mol. The van der Waals surface area contributed by atoms with Gasteiger partial charge in [-0.25, -0.2) is 15.0 Å². The highest BCUT2D eigenvalue weighted by Gasteiger charge is 2.24. The molecule has 0 aliphatic heterocycles. The molecule has 0 amide bonds. The second-order valence-corrected chi connectivity index (χ2v) is 20.0. The molecule has 10 aromatic carbocycles. The molecule has 7 heteroatoms. The number of thiophene rings is 2. The van der Waals surface area contributed by atoms with Gasteiger partial charge in [0.25, 0.3) is 0 Å². The van der Waals surface area contributed by atoms with Crippen LogP contribution in [0.3, 0.4) is 0 Å². The van der Waals surface area contributed by atoms with Crippen molar-refractivity contribution in [3.8, 4) is 62.1 Å². The molecule has 0 aliphatic carbocycles. The molecule has 5 heterocycles. The summed E-state index contributed by atoms with van der Waals surface area (Å²) in [6, 6.07) is 77.7. The first-order valence-corrected chi connectivity index (χ1v) is 25.1. The maximum absolute atomic E-state index is 6.72. The minimum Gasteiger partial charge on any atom is -0.456 e. The van der Waals surface area contributed by atoms with Gasteiger partial charge in [-0.05, 0) is 77.4 Å². The summed E-state index contributed by atoms with van der Waals surface area (Å²) in [5, 5.41) is 9.53. The van der Waals surface area contributed by atoms with Gasteiger partial charge in [0.2, 0.25) is 0 Å². The quantitative estimate of drug-likeness (QED) is 0.167. The van der Waals surface area contributed by atoms with Gasteiger partial charge < -0.3 is 8.98 Å². The molecule has 0 radical (unpaired) electrons. The number of benzene rings is 10. The molecule has 15 rings (SSSR count). The molecule has 0 N–H and O–H groups in total. The molecule has 5 aromatic heterocycles. The Morgan fingerprint density at radius 1 is 0.329 bits per heavy atom. The van der Waals surface area contributed by atoms with Crippen molar-refractivity contribution >= 4 is 107 Å². The minimum absolute atomic E-state index is 0.579. The summed E-state index contributed by atoms with van der Waals surface area (Å²) in [5.74, 6) is 1.79. The Labute approximate surface area is 408 Å². The molecular formula is C63H36N4OS2. The van der Waals surface area contributed by atoms with Crippen molar-refractivity contribution in [1.82, 2.24) is 19.5 Å². The Hall–Kier alpha value is -8.75. The maximum Gasteiger partial charge on any atom is 0.164 e. The van der Waals surface area contributed by atoms with Crippen molar-refractivity contribution in [3.63, 3.8) is 0 Å². The van der Waals surface area contributed by atoms with E-state index < -0.39 is 0 Å². The predicted molar refractivity (Wildman–Crippen MR) is 294 cm³/mol. The van der Waals surface area contributed by atoms with Crippen LogP contribution in [0.15, 0.2) is 223 Å². The summed E-state index contributed by atoms with van der Waals surface area (Å²) in [6.45, 7) is 0. The van der Waals surface area contributed by atoms with Crippen molar-refractivity contribution < 1.29 is 4.42 Å². The smallest absolute Gasteiger partial charge is 0.164 e. The molecule has 0 saturated carbocycles. The summed E-state index contributed by atoms with van der Waals surface area (Å²) in [6.07, 6.45) is 0. The fourth-order valence-electron chi connectivity index (χ4n) is 10.9. The number of rotatable bonds is 6. The largest absolute Gasteiger partial charge is 0.456 e. The standard InChI is InChI=1S/C63H36N4OS2/c1-3-16-37(17-4-1)61-64-62(43-21-8-7-20-41(43)42-25-15-31-54-57(42)44-22-9-11-29-52(44)69-54)66-63(65-61)47-27-14-28-51-56(47)48-36-38(32-34-50(48)68-51)40-24-13-26-46-58-49(67(60(40)46)39-18-5-2-6-19-39)33-35-55-59(58)45-23-10-12-30-53(45)70-55/h1-36H. The van der Waals surface area contributed by atoms with Gasteiger partial charge in [0, 0.05) is 89.8 Å². The first-order valence-electron chi connectivity index (χ1n) is 23.4. The van der Waals surface area contributed by atoms with Crippen LogP contribution in [-0.2, 0) is 0 Å². The van der Waals surface area contributed by atoms with Crippen LogP contribution in [0, 0.1) is 0 Å². The first kappa shape index (κ1) is 39.3. The molecule has 15 aromatic rings. The van der Waals surface area contributed by atoms with Gasteiger partial charge in [0.05, 0.1) is 11.0 Å². The lowest BCUT2D eigenvalue weighted by Crippen LogP contribution is -2.01. The average Bonchev–Trinajstić information content (AvgIpc) is 4.20. The fraction of sp³-hybridized carbons (Fsp3) is 0. The van der Waals surface area contributed by atoms with E-state index >= 15 is 0 Å². The van der Waals surface area contributed by atoms with E-state index in [1.54, 1.807) is 0 Å². The highest BCUT2D eigenvalue weighted by atomic mass is 32.1. The molecule has 326 valence electrons. The fourth-order valence-corrected chi connectivity index (χ4v) is 13.1. The van der Waals surface area contributed by atoms with Gasteiger partial charge in [0.15, 0.2) is 17.5 Å². The Kier molecular flexibility index (Phi) is 8.63. The summed E-state index contributed by atoms with van der Waals surface area (Å²) >= 11 is 3.68. The zero-order valence-electron chi connectivity index (χ0n) is 37.3. The van der Waals surface area contributed by atoms with E-state index in [-0.39, 0.29) is 0 Å². The Morgan fingerprint density at radius 2 is 0.914 bits per heavy atom. The lowest BCUT2D eigenvalue weighted by molar-refractivity contribution is 0.669. The summed E-state index contributed by atoms with van der Waals surface area (Å²) in [7, 11) is 0. The van der Waals surface area contributed by atoms with E-state index in [4.69, 9.17) is 19.4 Å². The van der Waals surface area contributed by atoms with Crippen LogP contribution in [0.5, 0.6) is 0 Å². The van der Waals surface area contributed by atoms with Crippen molar-refractivity contribution in [1.29, 1.82) is 0 Å². The third-order valence-electron chi connectivity index (χ3n) is 13.9. The van der Waals surface area contributed by atoms with Crippen LogP contribution < -0.4 is 0 Å². The summed E-state index contributed by atoms with van der Waals surface area (Å²) in [4.78, 5) is 16.0. The highest BCUT2D eigenvalue weighted by Crippen LogP contribution is 2.47. The summed E-state index contributed by atoms with van der Waals surface area (Å²) < 4.78 is 14.3. The van der Waals surface area contributed by atoms with Crippen molar-refractivity contribution in [2.75, 3.05) is 0 Å². The van der Waals surface area contributed by atoms with Gasteiger partial charge in [-0.15, -0.1) is 22.7 Å². The third-order valence-corrected chi connectivity index (χ3v) is 16.2. The predicted octanol–water partition coefficient (Wildman–Crippen LogP) is 17.9. The van der Waals surface area contributed by atoms with E-state index in [2.05, 4.69) is 193 Å². The lowest BCUT2D eigenvalue weighted by atomic mass is 9.95. The molecule has 0 aliphatic rings. The van der Waals surface area contributed by atoms with Crippen LogP contribution >= 0.6 is 22.7 Å². The van der Waals surface area contributed by atoms with Crippen LogP contribution in [0.4, 0.5) is 0 Å². The van der Waals surface area contributed by atoms with Gasteiger partial charge in [-0.2, -0.15) is 0 Å². The van der Waals surface area contributed by atoms with E-state index in [0.717, 1.165) is 66.6 Å². The number of furan rings is 1. The van der Waals surface area contributed by atoms with Gasteiger partial charge in [-0.3, -0.25) is 0 Å². The topological polar surface area (TPSA) is 56.7 Å². The Bertz CT molecular complexity index is 4600. The molecule has 0 spiro atoms. The van der Waals surface area contributed by atoms with E-state index in [0.29, 0.717) is 17.5 Å². The molecule has 0 bridgehead atoms. The first-order chi connectivity index (χ1) is 34.7. The lowest BCUT2D eigenvalue weighted by Gasteiger charge is -2.13. The molecule has 70 heavy (non-hydrogen) atoms. The van der Waals surface area contributed by atoms with Crippen molar-refractivity contribution in [3.05, 3.63) is 218 Å². The third kappa shape index (κ3) is 5.92. The SMILES string of the molecule is c1ccc(-c2nc(-c3ccccc3-c3cccc4sc5ccccc5c34)nc(-c3cccc4oc5ccc(-c6cccc7c8c9c(ccc8n(-c8ccccc8)c67)sc6ccccc69)cc5c34)n2)cc1. The zero-order chi connectivity index (χ0) is 45.9. The van der Waals surface area contributed by atoms with Crippen LogP contribution in [0.2, 0.25) is 0 Å². The number of nitrogens with zero attached hydrogens (tertiary/aromatic N) is 4. The van der Waals surface area contributed by atoms with E-state index in [1.165, 1.54) is 62.2 Å². The second kappa shape index (κ2) is 15.4. The van der Waals surface area contributed by atoms with Gasteiger partial charge >= 0.3 is 0 Å². The number of hydrogen-bond acceptors (Lipinski definition) is 6. The Morgan fingerprint density at radius 3 is 1.73 bits per heavy atom. The van der Waals surface area contributed by atoms with Crippen LogP contribution in [0.1, 0.15) is 0 Å². The normalized spacial score (nSPS) is 12.0. The Balaban J connectivity index is 0.961. The second-order valence-electron chi connectivity index (χ2n) is 17.8. The van der Waals surface area contributed by atoms with E-state index in [9.17, 15) is 0 Å². The number of fused-ring (bicyclic) bond motifs is 13. The van der Waals surface area contributed by atoms with Crippen LogP contribution in [-0.4, -0.2) is 19.5 Å². The monoisotopic (exact) mass is 928 g/mol. The number of aromatic nitrogens is 4. The minimum atomic E-state index is 0.579. The molecule has 5 nitrogen and oxygen atoms in total. The summed E-state index contributed by atoms with van der Waals surface area (Å²) in [5.41, 5.74) is 12.2. The van der Waals surface area contributed by atoms with Gasteiger partial charge in [-0.1, -0.05) is 158 Å². The number of hydrogen-bond donors (Lipinski definition) is 0. The highest BCUT2D eigenvalue weighted by molar-refractivity contribution is 7.26. The zero-order valence-corrected chi connectivity index (χ0v) is 38.9. The van der Waals surface area contributed by atoms with Gasteiger partial charge in [0.1, 0.15) is 11.2 Å². The molecule has 0 unspecified atom stereocenters. The van der Waals surface area contributed by atoms with Crippen LogP contribution in [0.25, 0.3) is 146 Å².